The lowest BCUT2D eigenvalue weighted by atomic mass is 10.3. The number of nitrogens with one attached hydrogen (secondary N) is 1. The fourth-order valence-corrected chi connectivity index (χ4v) is 1.67. The molecule has 0 atom stereocenters. The third-order valence-electron chi connectivity index (χ3n) is 2.38. The van der Waals surface area contributed by atoms with Gasteiger partial charge in [0.1, 0.15) is 0 Å². The highest BCUT2D eigenvalue weighted by Crippen LogP contribution is 2.03. The van der Waals surface area contributed by atoms with Crippen LogP contribution in [0.25, 0.3) is 0 Å². The molecular weight excluding hydrogens is 188 g/mol. The second-order valence-corrected chi connectivity index (χ2v) is 3.90. The molecule has 0 unspecified atom stereocenters. The van der Waals surface area contributed by atoms with E-state index in [2.05, 4.69) is 28.4 Å². The van der Waals surface area contributed by atoms with Gasteiger partial charge in [-0.05, 0) is 20.0 Å². The molecule has 1 heterocycles. The molecule has 1 aromatic rings. The van der Waals surface area contributed by atoms with Crippen molar-refractivity contribution in [1.29, 1.82) is 0 Å². The first-order valence-corrected chi connectivity index (χ1v) is 5.60. The molecule has 1 aromatic heterocycles. The van der Waals surface area contributed by atoms with Crippen LogP contribution >= 0.6 is 0 Å². The maximum Gasteiger partial charge on any atom is 0.0534 e. The van der Waals surface area contributed by atoms with Gasteiger partial charge in [0.2, 0.25) is 0 Å². The zero-order valence-electron chi connectivity index (χ0n) is 10.0. The number of likely N-dealkylation sites (N-methyl/N-ethyl adjacent to an activating group) is 1. The minimum Gasteiger partial charge on any atom is -0.318 e. The fourth-order valence-electron chi connectivity index (χ4n) is 1.67. The molecule has 0 aliphatic rings. The molecule has 0 saturated carbocycles. The average Bonchev–Trinajstić information content (AvgIpc) is 2.61. The quantitative estimate of drug-likeness (QED) is 0.724. The number of aromatic nitrogens is 2. The van der Waals surface area contributed by atoms with E-state index < -0.39 is 0 Å². The third-order valence-corrected chi connectivity index (χ3v) is 2.38. The van der Waals surface area contributed by atoms with E-state index >= 15 is 0 Å². The maximum absolute atomic E-state index is 4.18. The van der Waals surface area contributed by atoms with E-state index in [4.69, 9.17) is 0 Å². The molecule has 0 saturated heterocycles. The van der Waals surface area contributed by atoms with E-state index in [1.807, 2.05) is 25.0 Å². The molecule has 0 radical (unpaired) electrons. The van der Waals surface area contributed by atoms with Gasteiger partial charge in [0.15, 0.2) is 0 Å². The number of hydrogen-bond donors (Lipinski definition) is 1. The summed E-state index contributed by atoms with van der Waals surface area (Å²) in [5, 5.41) is 7.37. The summed E-state index contributed by atoms with van der Waals surface area (Å²) in [5.74, 6) is 0. The fraction of sp³-hybridized carbons (Fsp3) is 0.727. The van der Waals surface area contributed by atoms with Crippen molar-refractivity contribution in [3.05, 3.63) is 18.0 Å². The van der Waals surface area contributed by atoms with Gasteiger partial charge in [-0.1, -0.05) is 6.92 Å². The SMILES string of the molecule is CCCN(CCNC)Cc1cnn(C)c1. The Labute approximate surface area is 92.3 Å². The van der Waals surface area contributed by atoms with Gasteiger partial charge in [0.05, 0.1) is 6.20 Å². The summed E-state index contributed by atoms with van der Waals surface area (Å²) < 4.78 is 1.86. The highest BCUT2D eigenvalue weighted by Gasteiger charge is 2.05. The van der Waals surface area contributed by atoms with Gasteiger partial charge in [-0.2, -0.15) is 5.10 Å². The van der Waals surface area contributed by atoms with E-state index in [1.165, 1.54) is 12.0 Å². The van der Waals surface area contributed by atoms with Crippen LogP contribution in [0.1, 0.15) is 18.9 Å². The Morgan fingerprint density at radius 1 is 1.47 bits per heavy atom. The van der Waals surface area contributed by atoms with Crippen molar-refractivity contribution in [2.45, 2.75) is 19.9 Å². The highest BCUT2D eigenvalue weighted by molar-refractivity contribution is 5.03. The summed E-state index contributed by atoms with van der Waals surface area (Å²) in [5.41, 5.74) is 1.29. The van der Waals surface area contributed by atoms with E-state index in [9.17, 15) is 0 Å². The molecule has 1 rings (SSSR count). The Morgan fingerprint density at radius 2 is 2.27 bits per heavy atom. The summed E-state index contributed by atoms with van der Waals surface area (Å²) in [4.78, 5) is 2.45. The molecule has 0 aromatic carbocycles. The van der Waals surface area contributed by atoms with Gasteiger partial charge in [0.25, 0.3) is 0 Å². The van der Waals surface area contributed by atoms with Crippen molar-refractivity contribution in [3.63, 3.8) is 0 Å². The summed E-state index contributed by atoms with van der Waals surface area (Å²) in [6.07, 6.45) is 5.23. The van der Waals surface area contributed by atoms with Crippen LogP contribution in [-0.2, 0) is 13.6 Å². The molecule has 1 N–H and O–H groups in total. The molecule has 4 heteroatoms. The Kier molecular flexibility index (Phi) is 5.36. The van der Waals surface area contributed by atoms with Crippen molar-refractivity contribution in [1.82, 2.24) is 20.0 Å². The van der Waals surface area contributed by atoms with Crippen LogP contribution in [0.3, 0.4) is 0 Å². The van der Waals surface area contributed by atoms with Crippen LogP contribution in [0, 0.1) is 0 Å². The number of aryl methyl sites for hydroxylation is 1. The maximum atomic E-state index is 4.18. The van der Waals surface area contributed by atoms with Crippen molar-refractivity contribution in [2.75, 3.05) is 26.7 Å². The van der Waals surface area contributed by atoms with E-state index in [0.717, 1.165) is 26.2 Å². The smallest absolute Gasteiger partial charge is 0.0534 e. The normalized spacial score (nSPS) is 11.2. The lowest BCUT2D eigenvalue weighted by molar-refractivity contribution is 0.268. The van der Waals surface area contributed by atoms with Crippen LogP contribution in [-0.4, -0.2) is 41.4 Å². The third kappa shape index (κ3) is 4.44. The standard InChI is InChI=1S/C11H22N4/c1-4-6-15(7-5-12-2)10-11-8-13-14(3)9-11/h8-9,12H,4-7,10H2,1-3H3. The number of hydrogen-bond acceptors (Lipinski definition) is 3. The van der Waals surface area contributed by atoms with Crippen LogP contribution < -0.4 is 5.32 Å². The van der Waals surface area contributed by atoms with Crippen molar-refractivity contribution in [2.24, 2.45) is 7.05 Å². The summed E-state index contributed by atoms with van der Waals surface area (Å²) >= 11 is 0. The molecule has 0 bridgehead atoms. The monoisotopic (exact) mass is 210 g/mol. The lowest BCUT2D eigenvalue weighted by Crippen LogP contribution is -2.31. The number of nitrogens with zero attached hydrogens (tertiary/aromatic N) is 3. The Morgan fingerprint density at radius 3 is 2.80 bits per heavy atom. The minimum absolute atomic E-state index is 1.00. The minimum atomic E-state index is 1.00. The topological polar surface area (TPSA) is 33.1 Å². The summed E-state index contributed by atoms with van der Waals surface area (Å²) in [6.45, 7) is 6.51. The molecule has 0 fully saturated rings. The molecular formula is C11H22N4. The van der Waals surface area contributed by atoms with Gasteiger partial charge in [-0.15, -0.1) is 0 Å². The first-order chi connectivity index (χ1) is 7.26. The van der Waals surface area contributed by atoms with Crippen LogP contribution in [0.15, 0.2) is 12.4 Å². The van der Waals surface area contributed by atoms with Gasteiger partial charge in [-0.3, -0.25) is 9.58 Å². The molecule has 0 amide bonds. The van der Waals surface area contributed by atoms with Crippen LogP contribution in [0.2, 0.25) is 0 Å². The van der Waals surface area contributed by atoms with Gasteiger partial charge in [-0.25, -0.2) is 0 Å². The number of rotatable bonds is 7. The molecule has 0 aliphatic carbocycles. The molecule has 15 heavy (non-hydrogen) atoms. The predicted molar refractivity (Wildman–Crippen MR) is 62.7 cm³/mol. The summed E-state index contributed by atoms with van der Waals surface area (Å²) in [6, 6.07) is 0. The summed E-state index contributed by atoms with van der Waals surface area (Å²) in [7, 11) is 3.95. The molecule has 0 spiro atoms. The predicted octanol–water partition coefficient (Wildman–Crippen LogP) is 0.851. The zero-order valence-corrected chi connectivity index (χ0v) is 10.0. The van der Waals surface area contributed by atoms with Crippen molar-refractivity contribution >= 4 is 0 Å². The van der Waals surface area contributed by atoms with Crippen LogP contribution in [0.5, 0.6) is 0 Å². The Balaban J connectivity index is 2.42. The molecule has 0 aliphatic heterocycles. The Bertz CT molecular complexity index is 269. The zero-order chi connectivity index (χ0) is 11.1. The van der Waals surface area contributed by atoms with Gasteiger partial charge < -0.3 is 5.32 Å². The van der Waals surface area contributed by atoms with E-state index in [-0.39, 0.29) is 0 Å². The van der Waals surface area contributed by atoms with Gasteiger partial charge in [0, 0.05) is 38.4 Å². The van der Waals surface area contributed by atoms with Crippen LogP contribution in [0.4, 0.5) is 0 Å². The van der Waals surface area contributed by atoms with E-state index in [1.54, 1.807) is 0 Å². The molecule has 86 valence electrons. The molecule has 4 nitrogen and oxygen atoms in total. The van der Waals surface area contributed by atoms with Crippen molar-refractivity contribution in [3.8, 4) is 0 Å². The first kappa shape index (κ1) is 12.2. The highest BCUT2D eigenvalue weighted by atomic mass is 15.2. The second kappa shape index (κ2) is 6.58. The Hall–Kier alpha value is -0.870. The second-order valence-electron chi connectivity index (χ2n) is 3.90. The largest absolute Gasteiger partial charge is 0.318 e. The van der Waals surface area contributed by atoms with E-state index in [0.29, 0.717) is 0 Å². The first-order valence-electron chi connectivity index (χ1n) is 5.60. The van der Waals surface area contributed by atoms with Crippen molar-refractivity contribution < 1.29 is 0 Å². The lowest BCUT2D eigenvalue weighted by Gasteiger charge is -2.20. The van der Waals surface area contributed by atoms with Gasteiger partial charge >= 0.3 is 0 Å². The average molecular weight is 210 g/mol.